The summed E-state index contributed by atoms with van der Waals surface area (Å²) >= 11 is 0. The fourth-order valence-electron chi connectivity index (χ4n) is 2.46. The Balaban J connectivity index is 1.73. The molecule has 0 radical (unpaired) electrons. The van der Waals surface area contributed by atoms with E-state index in [9.17, 15) is 0 Å². The van der Waals surface area contributed by atoms with Crippen molar-refractivity contribution >= 4 is 10.8 Å². The number of benzene rings is 3. The summed E-state index contributed by atoms with van der Waals surface area (Å²) in [4.78, 5) is 0. The Labute approximate surface area is 120 Å². The number of fused-ring (bicyclic) bond motifs is 1. The van der Waals surface area contributed by atoms with Crippen molar-refractivity contribution < 1.29 is 0 Å². The van der Waals surface area contributed by atoms with E-state index in [1.54, 1.807) is 0 Å². The van der Waals surface area contributed by atoms with Gasteiger partial charge in [-0.2, -0.15) is 0 Å². The highest BCUT2D eigenvalue weighted by atomic mass is 14.9. The molecule has 1 nitrogen and oxygen atoms in total. The summed E-state index contributed by atoms with van der Waals surface area (Å²) in [5, 5.41) is 6.18. The average Bonchev–Trinajstić information content (AvgIpc) is 2.53. The summed E-state index contributed by atoms with van der Waals surface area (Å²) < 4.78 is 0. The molecule has 0 aliphatic carbocycles. The second-order valence-corrected chi connectivity index (χ2v) is 5.19. The first-order valence-corrected chi connectivity index (χ1v) is 7.09. The molecule has 3 aromatic carbocycles. The van der Waals surface area contributed by atoms with E-state index in [1.165, 1.54) is 21.9 Å². The molecule has 0 aliphatic rings. The summed E-state index contributed by atoms with van der Waals surface area (Å²) in [6.45, 7) is 3.11. The van der Waals surface area contributed by atoms with E-state index in [2.05, 4.69) is 85.0 Å². The third-order valence-corrected chi connectivity index (χ3v) is 3.73. The van der Waals surface area contributed by atoms with Crippen molar-refractivity contribution in [3.05, 3.63) is 83.9 Å². The zero-order valence-electron chi connectivity index (χ0n) is 11.7. The van der Waals surface area contributed by atoms with E-state index in [0.29, 0.717) is 6.04 Å². The van der Waals surface area contributed by atoms with Crippen molar-refractivity contribution in [2.24, 2.45) is 0 Å². The largest absolute Gasteiger partial charge is 0.306 e. The van der Waals surface area contributed by atoms with Crippen LogP contribution in [-0.4, -0.2) is 0 Å². The first-order chi connectivity index (χ1) is 9.83. The predicted octanol–water partition coefficient (Wildman–Crippen LogP) is 4.69. The van der Waals surface area contributed by atoms with Gasteiger partial charge in [0.05, 0.1) is 0 Å². The molecule has 0 amide bonds. The minimum absolute atomic E-state index is 0.347. The Hall–Kier alpha value is -2.12. The summed E-state index contributed by atoms with van der Waals surface area (Å²) in [5.74, 6) is 0. The van der Waals surface area contributed by atoms with Gasteiger partial charge in [0, 0.05) is 12.6 Å². The molecule has 0 aliphatic heterocycles. The van der Waals surface area contributed by atoms with Crippen LogP contribution < -0.4 is 5.32 Å². The van der Waals surface area contributed by atoms with Crippen LogP contribution in [0.4, 0.5) is 0 Å². The lowest BCUT2D eigenvalue weighted by Crippen LogP contribution is -2.17. The van der Waals surface area contributed by atoms with Crippen molar-refractivity contribution in [2.75, 3.05) is 0 Å². The third kappa shape index (κ3) is 2.89. The molecule has 0 bridgehead atoms. The molecule has 3 rings (SSSR count). The summed E-state index contributed by atoms with van der Waals surface area (Å²) in [6.07, 6.45) is 0. The van der Waals surface area contributed by atoms with Gasteiger partial charge in [-0.15, -0.1) is 0 Å². The minimum Gasteiger partial charge on any atom is -0.306 e. The van der Waals surface area contributed by atoms with E-state index in [1.807, 2.05) is 0 Å². The zero-order valence-corrected chi connectivity index (χ0v) is 11.7. The van der Waals surface area contributed by atoms with Crippen LogP contribution in [0.5, 0.6) is 0 Å². The Morgan fingerprint density at radius 2 is 1.50 bits per heavy atom. The van der Waals surface area contributed by atoms with Gasteiger partial charge in [-0.1, -0.05) is 66.7 Å². The van der Waals surface area contributed by atoms with Crippen LogP contribution >= 0.6 is 0 Å². The van der Waals surface area contributed by atoms with Gasteiger partial charge in [-0.3, -0.25) is 0 Å². The van der Waals surface area contributed by atoms with Gasteiger partial charge in [0.25, 0.3) is 0 Å². The lowest BCUT2D eigenvalue weighted by atomic mass is 10.0. The van der Waals surface area contributed by atoms with Crippen molar-refractivity contribution in [3.8, 4) is 0 Å². The lowest BCUT2D eigenvalue weighted by molar-refractivity contribution is 0.575. The molecule has 1 heteroatoms. The van der Waals surface area contributed by atoms with Crippen LogP contribution in [0, 0.1) is 0 Å². The fraction of sp³-hybridized carbons (Fsp3) is 0.158. The Kier molecular flexibility index (Phi) is 3.80. The van der Waals surface area contributed by atoms with Gasteiger partial charge >= 0.3 is 0 Å². The van der Waals surface area contributed by atoms with E-state index >= 15 is 0 Å². The van der Waals surface area contributed by atoms with Gasteiger partial charge < -0.3 is 5.32 Å². The number of hydrogen-bond donors (Lipinski definition) is 1. The van der Waals surface area contributed by atoms with E-state index < -0.39 is 0 Å². The zero-order chi connectivity index (χ0) is 13.8. The topological polar surface area (TPSA) is 12.0 Å². The average molecular weight is 261 g/mol. The van der Waals surface area contributed by atoms with Crippen LogP contribution in [0.1, 0.15) is 24.1 Å². The van der Waals surface area contributed by atoms with Crippen molar-refractivity contribution in [3.63, 3.8) is 0 Å². The molecule has 0 fully saturated rings. The Bertz CT molecular complexity index is 688. The molecule has 0 saturated carbocycles. The number of rotatable bonds is 4. The predicted molar refractivity (Wildman–Crippen MR) is 85.6 cm³/mol. The maximum absolute atomic E-state index is 3.58. The molecule has 100 valence electrons. The summed E-state index contributed by atoms with van der Waals surface area (Å²) in [7, 11) is 0. The summed E-state index contributed by atoms with van der Waals surface area (Å²) in [5.41, 5.74) is 2.65. The van der Waals surface area contributed by atoms with Crippen LogP contribution in [0.15, 0.2) is 72.8 Å². The van der Waals surface area contributed by atoms with Crippen molar-refractivity contribution in [1.29, 1.82) is 0 Å². The van der Waals surface area contributed by atoms with Gasteiger partial charge in [0.2, 0.25) is 0 Å². The minimum atomic E-state index is 0.347. The van der Waals surface area contributed by atoms with Gasteiger partial charge in [0.1, 0.15) is 0 Å². The number of nitrogens with one attached hydrogen (secondary N) is 1. The second kappa shape index (κ2) is 5.89. The highest BCUT2D eigenvalue weighted by molar-refractivity contribution is 5.83. The summed E-state index contributed by atoms with van der Waals surface area (Å²) in [6, 6.07) is 26.1. The van der Waals surface area contributed by atoms with E-state index in [-0.39, 0.29) is 0 Å². The molecule has 0 spiro atoms. The molecular weight excluding hydrogens is 242 g/mol. The molecule has 0 heterocycles. The van der Waals surface area contributed by atoms with Crippen LogP contribution in [0.25, 0.3) is 10.8 Å². The SMILES string of the molecule is C[C@H](NCc1ccccc1)c1ccc2ccccc2c1. The van der Waals surface area contributed by atoms with Gasteiger partial charge in [0.15, 0.2) is 0 Å². The van der Waals surface area contributed by atoms with E-state index in [4.69, 9.17) is 0 Å². The first kappa shape index (κ1) is 12.9. The molecule has 0 saturated heterocycles. The molecular formula is C19H19N. The number of hydrogen-bond acceptors (Lipinski definition) is 1. The van der Waals surface area contributed by atoms with E-state index in [0.717, 1.165) is 6.54 Å². The van der Waals surface area contributed by atoms with Crippen LogP contribution in [0.3, 0.4) is 0 Å². The monoisotopic (exact) mass is 261 g/mol. The molecule has 0 unspecified atom stereocenters. The van der Waals surface area contributed by atoms with Crippen LogP contribution in [0.2, 0.25) is 0 Å². The smallest absolute Gasteiger partial charge is 0.0295 e. The first-order valence-electron chi connectivity index (χ1n) is 7.09. The van der Waals surface area contributed by atoms with Gasteiger partial charge in [-0.05, 0) is 34.9 Å². The van der Waals surface area contributed by atoms with Crippen LogP contribution in [-0.2, 0) is 6.54 Å². The highest BCUT2D eigenvalue weighted by Crippen LogP contribution is 2.20. The molecule has 20 heavy (non-hydrogen) atoms. The van der Waals surface area contributed by atoms with Crippen molar-refractivity contribution in [1.82, 2.24) is 5.32 Å². The maximum atomic E-state index is 3.58. The van der Waals surface area contributed by atoms with Gasteiger partial charge in [-0.25, -0.2) is 0 Å². The Morgan fingerprint density at radius 1 is 0.800 bits per heavy atom. The third-order valence-electron chi connectivity index (χ3n) is 3.73. The normalized spacial score (nSPS) is 12.4. The second-order valence-electron chi connectivity index (χ2n) is 5.19. The molecule has 3 aromatic rings. The quantitative estimate of drug-likeness (QED) is 0.718. The van der Waals surface area contributed by atoms with Crippen molar-refractivity contribution in [2.45, 2.75) is 19.5 Å². The molecule has 0 aromatic heterocycles. The highest BCUT2D eigenvalue weighted by Gasteiger charge is 2.05. The molecule has 1 N–H and O–H groups in total. The maximum Gasteiger partial charge on any atom is 0.0295 e. The fourth-order valence-corrected chi connectivity index (χ4v) is 2.46. The standard InChI is InChI=1S/C19H19N/c1-15(20-14-16-7-3-2-4-8-16)18-12-11-17-9-5-6-10-19(17)13-18/h2-13,15,20H,14H2,1H3/t15-/m0/s1. The Morgan fingerprint density at radius 3 is 2.30 bits per heavy atom. The lowest BCUT2D eigenvalue weighted by Gasteiger charge is -2.15. The molecule has 1 atom stereocenters.